The molecule has 4 nitrogen and oxygen atoms in total. The Balaban J connectivity index is 1.88. The molecule has 2 N–H and O–H groups in total. The number of phenols is 1. The van der Waals surface area contributed by atoms with Crippen molar-refractivity contribution in [3.8, 4) is 5.75 Å². The largest absolute Gasteiger partial charge is 0.507 e. The lowest BCUT2D eigenvalue weighted by Crippen LogP contribution is -2.39. The summed E-state index contributed by atoms with van der Waals surface area (Å²) in [6.07, 6.45) is 1.83. The second-order valence-electron chi connectivity index (χ2n) is 4.95. The number of phenolic OH excluding ortho intramolecular Hbond substituents is 1. The first-order valence-corrected chi connectivity index (χ1v) is 7.31. The minimum Gasteiger partial charge on any atom is -0.507 e. The molecule has 19 heavy (non-hydrogen) atoms. The highest BCUT2D eigenvalue weighted by molar-refractivity contribution is 9.10. The molecule has 0 aromatic heterocycles. The SMILES string of the molecule is CNC(=O)C1CCN(Cc2ccc(O)c(Br)c2)CC1. The van der Waals surface area contributed by atoms with Gasteiger partial charge in [0, 0.05) is 19.5 Å². The molecule has 1 aliphatic heterocycles. The molecular weight excluding hydrogens is 308 g/mol. The summed E-state index contributed by atoms with van der Waals surface area (Å²) in [6, 6.07) is 5.59. The van der Waals surface area contributed by atoms with Crippen LogP contribution in [0.2, 0.25) is 0 Å². The van der Waals surface area contributed by atoms with Gasteiger partial charge in [-0.3, -0.25) is 9.69 Å². The number of hydrogen-bond acceptors (Lipinski definition) is 3. The fourth-order valence-electron chi connectivity index (χ4n) is 2.46. The maximum absolute atomic E-state index is 11.6. The molecule has 1 amide bonds. The molecule has 0 atom stereocenters. The van der Waals surface area contributed by atoms with Gasteiger partial charge < -0.3 is 10.4 Å². The third-order valence-electron chi connectivity index (χ3n) is 3.62. The number of benzene rings is 1. The summed E-state index contributed by atoms with van der Waals surface area (Å²) in [5, 5.41) is 12.2. The van der Waals surface area contributed by atoms with Crippen molar-refractivity contribution in [2.24, 2.45) is 5.92 Å². The predicted molar refractivity (Wildman–Crippen MR) is 77.9 cm³/mol. The zero-order chi connectivity index (χ0) is 13.8. The van der Waals surface area contributed by atoms with E-state index in [1.165, 1.54) is 5.56 Å². The number of nitrogens with zero attached hydrogens (tertiary/aromatic N) is 1. The van der Waals surface area contributed by atoms with Gasteiger partial charge in [-0.25, -0.2) is 0 Å². The highest BCUT2D eigenvalue weighted by Crippen LogP contribution is 2.26. The van der Waals surface area contributed by atoms with Crippen LogP contribution >= 0.6 is 15.9 Å². The van der Waals surface area contributed by atoms with Crippen molar-refractivity contribution >= 4 is 21.8 Å². The van der Waals surface area contributed by atoms with Gasteiger partial charge in [0.2, 0.25) is 5.91 Å². The van der Waals surface area contributed by atoms with Crippen LogP contribution in [0.1, 0.15) is 18.4 Å². The van der Waals surface area contributed by atoms with Gasteiger partial charge in [0.05, 0.1) is 4.47 Å². The lowest BCUT2D eigenvalue weighted by Gasteiger charge is -2.31. The fraction of sp³-hybridized carbons (Fsp3) is 0.500. The molecule has 0 unspecified atom stereocenters. The van der Waals surface area contributed by atoms with Crippen LogP contribution in [0.4, 0.5) is 0 Å². The van der Waals surface area contributed by atoms with E-state index < -0.39 is 0 Å². The summed E-state index contributed by atoms with van der Waals surface area (Å²) in [7, 11) is 1.70. The van der Waals surface area contributed by atoms with E-state index >= 15 is 0 Å². The Bertz CT molecular complexity index is 457. The Morgan fingerprint density at radius 2 is 2.16 bits per heavy atom. The quantitative estimate of drug-likeness (QED) is 0.894. The van der Waals surface area contributed by atoms with Crippen molar-refractivity contribution in [2.45, 2.75) is 19.4 Å². The molecular formula is C14H19BrN2O2. The van der Waals surface area contributed by atoms with Gasteiger partial charge in [0.1, 0.15) is 5.75 Å². The van der Waals surface area contributed by atoms with Crippen molar-refractivity contribution in [1.29, 1.82) is 0 Å². The molecule has 1 saturated heterocycles. The number of nitrogens with one attached hydrogen (secondary N) is 1. The van der Waals surface area contributed by atoms with Gasteiger partial charge >= 0.3 is 0 Å². The molecule has 1 fully saturated rings. The van der Waals surface area contributed by atoms with Gasteiger partial charge in [0.15, 0.2) is 0 Å². The van der Waals surface area contributed by atoms with E-state index in [4.69, 9.17) is 0 Å². The first-order chi connectivity index (χ1) is 9.10. The fourth-order valence-corrected chi connectivity index (χ4v) is 2.89. The van der Waals surface area contributed by atoms with Gasteiger partial charge in [-0.1, -0.05) is 6.07 Å². The minimum absolute atomic E-state index is 0.159. The van der Waals surface area contributed by atoms with Crippen LogP contribution in [0.5, 0.6) is 5.75 Å². The van der Waals surface area contributed by atoms with Crippen LogP contribution in [-0.4, -0.2) is 36.1 Å². The Labute approximate surface area is 121 Å². The Kier molecular flexibility index (Phi) is 4.82. The Morgan fingerprint density at radius 3 is 2.74 bits per heavy atom. The lowest BCUT2D eigenvalue weighted by molar-refractivity contribution is -0.125. The second-order valence-corrected chi connectivity index (χ2v) is 5.80. The molecule has 2 rings (SSSR count). The molecule has 1 aliphatic rings. The predicted octanol–water partition coefficient (Wildman–Crippen LogP) is 2.11. The number of rotatable bonds is 3. The van der Waals surface area contributed by atoms with Crippen molar-refractivity contribution < 1.29 is 9.90 Å². The Hall–Kier alpha value is -1.07. The number of likely N-dealkylation sites (tertiary alicyclic amines) is 1. The summed E-state index contributed by atoms with van der Waals surface area (Å²) in [5.74, 6) is 0.585. The molecule has 1 aromatic carbocycles. The first-order valence-electron chi connectivity index (χ1n) is 6.51. The molecule has 0 saturated carbocycles. The van der Waals surface area contributed by atoms with Crippen molar-refractivity contribution in [2.75, 3.05) is 20.1 Å². The van der Waals surface area contributed by atoms with E-state index in [1.54, 1.807) is 13.1 Å². The maximum Gasteiger partial charge on any atom is 0.222 e. The number of carbonyl (C=O) groups excluding carboxylic acids is 1. The van der Waals surface area contributed by atoms with Gasteiger partial charge in [-0.15, -0.1) is 0 Å². The molecule has 5 heteroatoms. The third kappa shape index (κ3) is 3.70. The van der Waals surface area contributed by atoms with Crippen LogP contribution in [0, 0.1) is 5.92 Å². The maximum atomic E-state index is 11.6. The van der Waals surface area contributed by atoms with E-state index in [0.717, 1.165) is 36.9 Å². The number of carbonyl (C=O) groups is 1. The topological polar surface area (TPSA) is 52.6 Å². The smallest absolute Gasteiger partial charge is 0.222 e. The average molecular weight is 327 g/mol. The highest BCUT2D eigenvalue weighted by Gasteiger charge is 2.24. The van der Waals surface area contributed by atoms with Gasteiger partial charge in [0.25, 0.3) is 0 Å². The first kappa shape index (κ1) is 14.3. The van der Waals surface area contributed by atoms with E-state index in [2.05, 4.69) is 26.1 Å². The van der Waals surface area contributed by atoms with E-state index in [0.29, 0.717) is 0 Å². The summed E-state index contributed by atoms with van der Waals surface area (Å²) >= 11 is 3.33. The number of halogens is 1. The summed E-state index contributed by atoms with van der Waals surface area (Å²) < 4.78 is 0.727. The van der Waals surface area contributed by atoms with Crippen molar-refractivity contribution in [3.63, 3.8) is 0 Å². The lowest BCUT2D eigenvalue weighted by atomic mass is 9.95. The van der Waals surface area contributed by atoms with E-state index in [9.17, 15) is 9.90 Å². The average Bonchev–Trinajstić information content (AvgIpc) is 2.43. The summed E-state index contributed by atoms with van der Waals surface area (Å²) in [5.41, 5.74) is 1.17. The van der Waals surface area contributed by atoms with Crippen LogP contribution in [0.3, 0.4) is 0 Å². The summed E-state index contributed by atoms with van der Waals surface area (Å²) in [4.78, 5) is 13.9. The Morgan fingerprint density at radius 1 is 1.47 bits per heavy atom. The third-order valence-corrected chi connectivity index (χ3v) is 4.26. The van der Waals surface area contributed by atoms with Crippen LogP contribution in [0.15, 0.2) is 22.7 Å². The normalized spacial score (nSPS) is 17.4. The molecule has 0 spiro atoms. The summed E-state index contributed by atoms with van der Waals surface area (Å²) in [6.45, 7) is 2.74. The van der Waals surface area contributed by atoms with Crippen LogP contribution in [0.25, 0.3) is 0 Å². The van der Waals surface area contributed by atoms with Gasteiger partial charge in [-0.2, -0.15) is 0 Å². The van der Waals surface area contributed by atoms with E-state index in [-0.39, 0.29) is 17.6 Å². The number of piperidine rings is 1. The monoisotopic (exact) mass is 326 g/mol. The van der Waals surface area contributed by atoms with Crippen LogP contribution < -0.4 is 5.32 Å². The zero-order valence-corrected chi connectivity index (χ0v) is 12.6. The molecule has 0 bridgehead atoms. The van der Waals surface area contributed by atoms with Crippen molar-refractivity contribution in [1.82, 2.24) is 10.2 Å². The van der Waals surface area contributed by atoms with Crippen molar-refractivity contribution in [3.05, 3.63) is 28.2 Å². The van der Waals surface area contributed by atoms with Gasteiger partial charge in [-0.05, 0) is 59.6 Å². The minimum atomic E-state index is 0.159. The number of amides is 1. The highest BCUT2D eigenvalue weighted by atomic mass is 79.9. The molecule has 1 heterocycles. The molecule has 0 radical (unpaired) electrons. The zero-order valence-electron chi connectivity index (χ0n) is 11.0. The molecule has 104 valence electrons. The standard InChI is InChI=1S/C14H19BrN2O2/c1-16-14(19)11-4-6-17(7-5-11)9-10-2-3-13(18)12(15)8-10/h2-3,8,11,18H,4-7,9H2,1H3,(H,16,19). The molecule has 0 aliphatic carbocycles. The van der Waals surface area contributed by atoms with E-state index in [1.807, 2.05) is 12.1 Å². The number of aromatic hydroxyl groups is 1. The molecule has 1 aromatic rings. The second kappa shape index (κ2) is 6.39. The number of hydrogen-bond donors (Lipinski definition) is 2. The van der Waals surface area contributed by atoms with Crippen LogP contribution in [-0.2, 0) is 11.3 Å².